The lowest BCUT2D eigenvalue weighted by Crippen LogP contribution is -2.03. The summed E-state index contributed by atoms with van der Waals surface area (Å²) in [5, 5.41) is 18.8. The smallest absolute Gasteiger partial charge is 0.142 e. The number of hydrogen-bond donors (Lipinski definition) is 1. The maximum absolute atomic E-state index is 10.1. The molecule has 0 radical (unpaired) electrons. The zero-order chi connectivity index (χ0) is 13.8. The van der Waals surface area contributed by atoms with Crippen molar-refractivity contribution in [2.45, 2.75) is 19.3 Å². The fourth-order valence-corrected chi connectivity index (χ4v) is 2.30. The van der Waals surface area contributed by atoms with Crippen LogP contribution >= 0.6 is 11.6 Å². The first-order valence-electron chi connectivity index (χ1n) is 6.03. The maximum atomic E-state index is 10.1. The van der Waals surface area contributed by atoms with Crippen LogP contribution in [0.25, 0.3) is 11.8 Å². The van der Waals surface area contributed by atoms with Crippen molar-refractivity contribution < 1.29 is 9.84 Å². The fourth-order valence-electron chi connectivity index (χ4n) is 2.04. The molecule has 4 heteroatoms. The highest BCUT2D eigenvalue weighted by Crippen LogP contribution is 2.40. The first-order chi connectivity index (χ1) is 9.19. The standard InChI is InChI=1S/C15H14ClNO2/c1-19-15(11-4-2-5-11)12-8-7-10(6-3-9-17)14(18)13(12)16/h3,6-8,18H,2,4-5H2,1H3/b6-3+. The average Bonchev–Trinajstić information content (AvgIpc) is 2.36. The summed E-state index contributed by atoms with van der Waals surface area (Å²) in [6.45, 7) is 0. The van der Waals surface area contributed by atoms with E-state index in [-0.39, 0.29) is 10.8 Å². The van der Waals surface area contributed by atoms with Crippen LogP contribution in [0.2, 0.25) is 5.02 Å². The van der Waals surface area contributed by atoms with Gasteiger partial charge in [-0.05, 0) is 37.0 Å². The second kappa shape index (κ2) is 5.81. The van der Waals surface area contributed by atoms with Crippen molar-refractivity contribution in [3.63, 3.8) is 0 Å². The second-order valence-corrected chi connectivity index (χ2v) is 4.70. The van der Waals surface area contributed by atoms with Crippen LogP contribution < -0.4 is 0 Å². The van der Waals surface area contributed by atoms with E-state index < -0.39 is 0 Å². The van der Waals surface area contributed by atoms with Gasteiger partial charge in [-0.15, -0.1) is 0 Å². The van der Waals surface area contributed by atoms with E-state index in [0.717, 1.165) is 25.0 Å². The Labute approximate surface area is 117 Å². The normalized spacial score (nSPS) is 14.1. The molecule has 3 nitrogen and oxygen atoms in total. The first-order valence-corrected chi connectivity index (χ1v) is 6.41. The summed E-state index contributed by atoms with van der Waals surface area (Å²) in [4.78, 5) is 0. The molecular formula is C15H14ClNO2. The lowest BCUT2D eigenvalue weighted by Gasteiger charge is -2.22. The molecule has 0 saturated heterocycles. The molecule has 0 atom stereocenters. The van der Waals surface area contributed by atoms with E-state index >= 15 is 0 Å². The molecular weight excluding hydrogens is 262 g/mol. The molecule has 1 aliphatic carbocycles. The Hall–Kier alpha value is -1.92. The van der Waals surface area contributed by atoms with Gasteiger partial charge in [-0.1, -0.05) is 17.7 Å². The van der Waals surface area contributed by atoms with Crippen LogP contribution in [0.3, 0.4) is 0 Å². The number of nitrogens with zero attached hydrogens (tertiary/aromatic N) is 1. The molecule has 0 aromatic heterocycles. The van der Waals surface area contributed by atoms with E-state index in [1.165, 1.54) is 17.7 Å². The number of aromatic hydroxyl groups is 1. The molecule has 0 spiro atoms. The number of halogens is 1. The topological polar surface area (TPSA) is 53.2 Å². The SMILES string of the molecule is COC(=C1CCC1)c1ccc(/C=C/C#N)c(O)c1Cl. The van der Waals surface area contributed by atoms with E-state index in [4.69, 9.17) is 21.6 Å². The van der Waals surface area contributed by atoms with Gasteiger partial charge in [-0.3, -0.25) is 0 Å². The highest BCUT2D eigenvalue weighted by molar-refractivity contribution is 6.34. The third kappa shape index (κ3) is 2.59. The van der Waals surface area contributed by atoms with Crippen LogP contribution in [0.15, 0.2) is 23.8 Å². The summed E-state index contributed by atoms with van der Waals surface area (Å²) in [6.07, 6.45) is 6.00. The largest absolute Gasteiger partial charge is 0.506 e. The van der Waals surface area contributed by atoms with Crippen LogP contribution in [0.4, 0.5) is 0 Å². The molecule has 1 N–H and O–H groups in total. The van der Waals surface area contributed by atoms with Crippen LogP contribution in [-0.2, 0) is 4.74 Å². The Morgan fingerprint density at radius 1 is 1.47 bits per heavy atom. The molecule has 1 aliphatic rings. The Balaban J connectivity index is 2.47. The summed E-state index contributed by atoms with van der Waals surface area (Å²) in [5.74, 6) is 0.725. The number of hydrogen-bond acceptors (Lipinski definition) is 3. The maximum Gasteiger partial charge on any atom is 0.142 e. The second-order valence-electron chi connectivity index (χ2n) is 4.32. The van der Waals surface area contributed by atoms with Crippen LogP contribution in [-0.4, -0.2) is 12.2 Å². The van der Waals surface area contributed by atoms with Gasteiger partial charge in [0.2, 0.25) is 0 Å². The molecule has 2 rings (SSSR count). The highest BCUT2D eigenvalue weighted by atomic mass is 35.5. The zero-order valence-corrected chi connectivity index (χ0v) is 11.4. The summed E-state index contributed by atoms with van der Waals surface area (Å²) in [6, 6.07) is 5.41. The number of allylic oxidation sites excluding steroid dienone is 2. The summed E-state index contributed by atoms with van der Waals surface area (Å²) in [5.41, 5.74) is 2.44. The van der Waals surface area contributed by atoms with Crippen molar-refractivity contribution in [2.75, 3.05) is 7.11 Å². The number of benzene rings is 1. The number of ether oxygens (including phenoxy) is 1. The average molecular weight is 276 g/mol. The van der Waals surface area contributed by atoms with Crippen molar-refractivity contribution in [3.05, 3.63) is 39.9 Å². The van der Waals surface area contributed by atoms with Crippen molar-refractivity contribution in [2.24, 2.45) is 0 Å². The minimum absolute atomic E-state index is 0.0276. The Morgan fingerprint density at radius 3 is 2.74 bits per heavy atom. The molecule has 0 unspecified atom stereocenters. The lowest BCUT2D eigenvalue weighted by molar-refractivity contribution is 0.359. The van der Waals surface area contributed by atoms with E-state index in [1.54, 1.807) is 13.2 Å². The predicted molar refractivity (Wildman–Crippen MR) is 75.5 cm³/mol. The molecule has 0 heterocycles. The molecule has 98 valence electrons. The molecule has 1 aromatic rings. The number of phenolic OH excluding ortho intramolecular Hbond substituents is 1. The fraction of sp³-hybridized carbons (Fsp3) is 0.267. The molecule has 1 aromatic carbocycles. The van der Waals surface area contributed by atoms with Crippen molar-refractivity contribution in [3.8, 4) is 11.8 Å². The third-order valence-electron chi connectivity index (χ3n) is 3.21. The Bertz CT molecular complexity index is 591. The van der Waals surface area contributed by atoms with Crippen molar-refractivity contribution >= 4 is 23.4 Å². The monoisotopic (exact) mass is 275 g/mol. The number of rotatable bonds is 3. The molecule has 0 amide bonds. The number of methoxy groups -OCH3 is 1. The van der Waals surface area contributed by atoms with Crippen molar-refractivity contribution in [1.29, 1.82) is 5.26 Å². The van der Waals surface area contributed by atoms with Gasteiger partial charge in [-0.25, -0.2) is 0 Å². The van der Waals surface area contributed by atoms with Gasteiger partial charge in [0.25, 0.3) is 0 Å². The van der Waals surface area contributed by atoms with Gasteiger partial charge < -0.3 is 9.84 Å². The summed E-state index contributed by atoms with van der Waals surface area (Å²) in [7, 11) is 1.61. The predicted octanol–water partition coefficient (Wildman–Crippen LogP) is 4.12. The summed E-state index contributed by atoms with van der Waals surface area (Å²) >= 11 is 6.19. The Morgan fingerprint density at radius 2 is 2.21 bits per heavy atom. The first kappa shape index (κ1) is 13.5. The van der Waals surface area contributed by atoms with Gasteiger partial charge >= 0.3 is 0 Å². The number of phenols is 1. The molecule has 19 heavy (non-hydrogen) atoms. The van der Waals surface area contributed by atoms with Gasteiger partial charge in [0, 0.05) is 17.2 Å². The third-order valence-corrected chi connectivity index (χ3v) is 3.59. The molecule has 1 saturated carbocycles. The van der Waals surface area contributed by atoms with Gasteiger partial charge in [0.15, 0.2) is 0 Å². The van der Waals surface area contributed by atoms with Crippen LogP contribution in [0, 0.1) is 11.3 Å². The Kier molecular flexibility index (Phi) is 4.13. The molecule has 0 aliphatic heterocycles. The molecule has 1 fully saturated rings. The summed E-state index contributed by atoms with van der Waals surface area (Å²) < 4.78 is 5.41. The van der Waals surface area contributed by atoms with E-state index in [9.17, 15) is 5.11 Å². The highest BCUT2D eigenvalue weighted by Gasteiger charge is 2.20. The van der Waals surface area contributed by atoms with E-state index in [0.29, 0.717) is 11.1 Å². The molecule has 0 bridgehead atoms. The van der Waals surface area contributed by atoms with Crippen molar-refractivity contribution in [1.82, 2.24) is 0 Å². The lowest BCUT2D eigenvalue weighted by atomic mass is 9.89. The van der Waals surface area contributed by atoms with Crippen LogP contribution in [0.5, 0.6) is 5.75 Å². The number of nitriles is 1. The van der Waals surface area contributed by atoms with Gasteiger partial charge in [0.05, 0.1) is 18.2 Å². The minimum Gasteiger partial charge on any atom is -0.506 e. The zero-order valence-electron chi connectivity index (χ0n) is 10.6. The van der Waals surface area contributed by atoms with Gasteiger partial charge in [0.1, 0.15) is 11.5 Å². The van der Waals surface area contributed by atoms with E-state index in [2.05, 4.69) is 0 Å². The van der Waals surface area contributed by atoms with Crippen LogP contribution in [0.1, 0.15) is 30.4 Å². The quantitative estimate of drug-likeness (QED) is 0.667. The minimum atomic E-state index is -0.0276. The van der Waals surface area contributed by atoms with Gasteiger partial charge in [-0.2, -0.15) is 5.26 Å². The van der Waals surface area contributed by atoms with E-state index in [1.807, 2.05) is 12.1 Å².